The fourth-order valence-corrected chi connectivity index (χ4v) is 11.9. The summed E-state index contributed by atoms with van der Waals surface area (Å²) in [5.41, 5.74) is 8.36. The summed E-state index contributed by atoms with van der Waals surface area (Å²) in [6, 6.07) is 48.0. The molecule has 0 unspecified atom stereocenters. The highest BCUT2D eigenvalue weighted by atomic mass is 32.2. The van der Waals surface area contributed by atoms with Gasteiger partial charge < -0.3 is 13.9 Å². The molecule has 10 nitrogen and oxygen atoms in total. The summed E-state index contributed by atoms with van der Waals surface area (Å²) in [6.45, 7) is 9.20. The second-order valence-electron chi connectivity index (χ2n) is 16.3. The highest BCUT2D eigenvalue weighted by Gasteiger charge is 2.27. The Morgan fingerprint density at radius 1 is 0.657 bits per heavy atom. The number of para-hydroxylation sites is 1. The fourth-order valence-electron chi connectivity index (χ4n) is 8.76. The third kappa shape index (κ3) is 10.7. The van der Waals surface area contributed by atoms with Crippen molar-refractivity contribution in [3.8, 4) is 22.5 Å². The Morgan fingerprint density at radius 2 is 1.27 bits per heavy atom. The van der Waals surface area contributed by atoms with Gasteiger partial charge in [0.1, 0.15) is 28.0 Å². The zero-order valence-electron chi connectivity index (χ0n) is 37.6. The van der Waals surface area contributed by atoms with Crippen LogP contribution in [0.1, 0.15) is 35.1 Å². The number of hydrogen-bond donors (Lipinski definition) is 1. The monoisotopic (exact) mass is 969 g/mol. The molecule has 0 radical (unpaired) electrons. The molecule has 14 heteroatoms. The maximum absolute atomic E-state index is 12.9. The number of hydrogen-bond acceptors (Lipinski definition) is 11. The van der Waals surface area contributed by atoms with Crippen molar-refractivity contribution in [2.75, 3.05) is 29.5 Å². The van der Waals surface area contributed by atoms with Crippen molar-refractivity contribution >= 4 is 71.8 Å². The second kappa shape index (κ2) is 20.7. The molecule has 2 aliphatic rings. The molecule has 6 aromatic carbocycles. The number of nitrogens with two attached hydrogens (primary N) is 1. The first-order valence-electron chi connectivity index (χ1n) is 21.8. The Hall–Kier alpha value is -5.71. The lowest BCUT2D eigenvalue weighted by Crippen LogP contribution is -2.28. The molecule has 2 N–H and O–H groups in total. The number of aryl methyl sites for hydroxylation is 4. The van der Waals surface area contributed by atoms with Gasteiger partial charge in [-0.3, -0.25) is 0 Å². The van der Waals surface area contributed by atoms with Crippen LogP contribution in [-0.2, 0) is 24.5 Å². The molecule has 1 aliphatic heterocycles. The normalized spacial score (nSPS) is 12.4. The SMILES string of the molecule is Cc1cccc(C)c1N(CCCSc1ccccc1)c1ccc2c(-c3ccccc3S(=O)(=O)[O-])c3ccc(=[N+](CCCSc4ccccc4)c4c(C)cc(S(=O)(=O)ON)cc4C)cc-3oc2c1. The number of rotatable bonds is 17. The van der Waals surface area contributed by atoms with Gasteiger partial charge in [0.25, 0.3) is 0 Å². The summed E-state index contributed by atoms with van der Waals surface area (Å²) in [7, 11) is -9.07. The molecule has 0 fully saturated rings. The summed E-state index contributed by atoms with van der Waals surface area (Å²) in [5.74, 6) is 7.36. The zero-order chi connectivity index (χ0) is 47.3. The minimum absolute atomic E-state index is 0.0503. The first-order valence-corrected chi connectivity index (χ1v) is 26.6. The van der Waals surface area contributed by atoms with E-state index in [0.29, 0.717) is 52.1 Å². The summed E-state index contributed by atoms with van der Waals surface area (Å²) < 4.78 is 77.7. The lowest BCUT2D eigenvalue weighted by atomic mass is 9.93. The van der Waals surface area contributed by atoms with E-state index in [1.807, 2.05) is 98.4 Å². The topological polar surface area (TPSA) is 146 Å². The van der Waals surface area contributed by atoms with E-state index in [9.17, 15) is 21.4 Å². The molecule has 0 spiro atoms. The van der Waals surface area contributed by atoms with E-state index in [0.717, 1.165) is 62.8 Å². The molecule has 0 amide bonds. The predicted molar refractivity (Wildman–Crippen MR) is 271 cm³/mol. The number of nitrogens with zero attached hydrogens (tertiary/aromatic N) is 2. The molecular weight excluding hydrogens is 919 g/mol. The van der Waals surface area contributed by atoms with Gasteiger partial charge in [0.15, 0.2) is 0 Å². The van der Waals surface area contributed by atoms with Crippen LogP contribution in [0.3, 0.4) is 0 Å². The van der Waals surface area contributed by atoms with Crippen LogP contribution in [-0.4, -0.2) is 46.0 Å². The van der Waals surface area contributed by atoms with Crippen LogP contribution in [0.4, 0.5) is 17.1 Å². The number of benzene rings is 7. The fraction of sp³-hybridized carbons (Fsp3) is 0.189. The van der Waals surface area contributed by atoms with Crippen LogP contribution in [0.15, 0.2) is 176 Å². The standard InChI is InChI=1S/C53H51N3O7S4/c1-36-16-13-17-37(2)52(36)55(28-14-30-64-42-18-7-5-8-19-42)40-24-26-45-48(34-40)62-49-35-41(25-27-46(49)51(45)47-22-11-12-23-50(47)66(57,58)59)56(29-15-31-65-43-20-9-6-10-21-43)53-38(3)32-44(33-39(53)4)67(60,61)63-54/h5-13,16-27,32-35H,14-15,28-31,54H2,1-4H3. The van der Waals surface area contributed by atoms with Crippen LogP contribution in [0.5, 0.6) is 0 Å². The van der Waals surface area contributed by atoms with Crippen molar-refractivity contribution in [3.05, 3.63) is 179 Å². The highest BCUT2D eigenvalue weighted by Crippen LogP contribution is 2.44. The third-order valence-corrected chi connectivity index (χ3v) is 15.8. The van der Waals surface area contributed by atoms with Crippen LogP contribution in [0.25, 0.3) is 33.4 Å². The average molecular weight is 970 g/mol. The molecule has 8 rings (SSSR count). The smallest absolute Gasteiger partial charge is 0.312 e. The van der Waals surface area contributed by atoms with Gasteiger partial charge in [-0.15, -0.1) is 23.5 Å². The highest BCUT2D eigenvalue weighted by molar-refractivity contribution is 7.99. The van der Waals surface area contributed by atoms with Gasteiger partial charge in [-0.1, -0.05) is 72.8 Å². The average Bonchev–Trinajstić information content (AvgIpc) is 3.32. The minimum atomic E-state index is -4.90. The van der Waals surface area contributed by atoms with Gasteiger partial charge in [-0.05, 0) is 112 Å². The Bertz CT molecular complexity index is 3300. The summed E-state index contributed by atoms with van der Waals surface area (Å²) in [5, 5.41) is 1.40. The summed E-state index contributed by atoms with van der Waals surface area (Å²) >= 11 is 3.57. The molecule has 344 valence electrons. The van der Waals surface area contributed by atoms with Crippen LogP contribution in [0, 0.1) is 27.7 Å². The Morgan fingerprint density at radius 3 is 1.90 bits per heavy atom. The largest absolute Gasteiger partial charge is 0.744 e. The van der Waals surface area contributed by atoms with Crippen LogP contribution >= 0.6 is 23.5 Å². The minimum Gasteiger partial charge on any atom is -0.744 e. The number of thioether (sulfide) groups is 2. The Labute approximate surface area is 401 Å². The molecule has 6 aromatic rings. The maximum Gasteiger partial charge on any atom is 0.312 e. The number of fused-ring (bicyclic) bond motifs is 2. The van der Waals surface area contributed by atoms with E-state index in [1.165, 1.54) is 11.0 Å². The van der Waals surface area contributed by atoms with Crippen molar-refractivity contribution in [2.24, 2.45) is 5.90 Å². The van der Waals surface area contributed by atoms with Gasteiger partial charge in [0, 0.05) is 85.2 Å². The molecule has 0 aromatic heterocycles. The van der Waals surface area contributed by atoms with Crippen molar-refractivity contribution in [1.82, 2.24) is 4.58 Å². The summed E-state index contributed by atoms with van der Waals surface area (Å²) in [6.07, 6.45) is 1.65. The molecule has 67 heavy (non-hydrogen) atoms. The van der Waals surface area contributed by atoms with E-state index >= 15 is 0 Å². The van der Waals surface area contributed by atoms with Crippen molar-refractivity contribution < 1.29 is 30.1 Å². The molecule has 0 atom stereocenters. The van der Waals surface area contributed by atoms with Gasteiger partial charge in [-0.2, -0.15) is 23.2 Å². The second-order valence-corrected chi connectivity index (χ2v) is 21.6. The third-order valence-electron chi connectivity index (χ3n) is 11.7. The van der Waals surface area contributed by atoms with Gasteiger partial charge in [0.2, 0.25) is 11.0 Å². The van der Waals surface area contributed by atoms with Gasteiger partial charge >= 0.3 is 10.1 Å². The van der Waals surface area contributed by atoms with E-state index in [1.54, 1.807) is 42.1 Å². The first-order chi connectivity index (χ1) is 32.2. The molecule has 1 aliphatic carbocycles. The van der Waals surface area contributed by atoms with Crippen molar-refractivity contribution in [2.45, 2.75) is 60.1 Å². The Balaban J connectivity index is 1.33. The molecule has 0 bridgehead atoms. The van der Waals surface area contributed by atoms with E-state index in [-0.39, 0.29) is 15.4 Å². The van der Waals surface area contributed by atoms with Crippen molar-refractivity contribution in [3.63, 3.8) is 0 Å². The van der Waals surface area contributed by atoms with E-state index in [4.69, 9.17) is 10.3 Å². The van der Waals surface area contributed by atoms with Crippen LogP contribution < -0.4 is 20.7 Å². The predicted octanol–water partition coefficient (Wildman–Crippen LogP) is 11.5. The number of anilines is 2. The Kier molecular flexibility index (Phi) is 14.7. The van der Waals surface area contributed by atoms with E-state index < -0.39 is 20.2 Å². The molecular formula is C53H51N3O7S4. The maximum atomic E-state index is 12.9. The zero-order valence-corrected chi connectivity index (χ0v) is 40.9. The molecule has 0 saturated carbocycles. The lowest BCUT2D eigenvalue weighted by Gasteiger charge is -2.29. The van der Waals surface area contributed by atoms with E-state index in [2.05, 4.69) is 70.1 Å². The van der Waals surface area contributed by atoms with Crippen LogP contribution in [0.2, 0.25) is 0 Å². The molecule has 1 heterocycles. The summed E-state index contributed by atoms with van der Waals surface area (Å²) in [4.78, 5) is 4.31. The van der Waals surface area contributed by atoms with Gasteiger partial charge in [0.05, 0.1) is 15.9 Å². The van der Waals surface area contributed by atoms with Gasteiger partial charge in [-0.25, -0.2) is 8.42 Å². The quantitative estimate of drug-likeness (QED) is 0.0232. The van der Waals surface area contributed by atoms with Crippen molar-refractivity contribution in [1.29, 1.82) is 0 Å². The lowest BCUT2D eigenvalue weighted by molar-refractivity contribution is 0.333. The molecule has 0 saturated heterocycles. The first kappa shape index (κ1) is 47.8.